The summed E-state index contributed by atoms with van der Waals surface area (Å²) in [5.41, 5.74) is 7.03. The van der Waals surface area contributed by atoms with Gasteiger partial charge in [0.25, 0.3) is 5.91 Å². The van der Waals surface area contributed by atoms with Crippen LogP contribution < -0.4 is 10.1 Å². The predicted octanol–water partition coefficient (Wildman–Crippen LogP) is 5.27. The number of ether oxygens (including phenoxy) is 1. The van der Waals surface area contributed by atoms with Gasteiger partial charge in [-0.15, -0.1) is 0 Å². The van der Waals surface area contributed by atoms with Gasteiger partial charge in [0.15, 0.2) is 0 Å². The zero-order valence-electron chi connectivity index (χ0n) is 17.9. The number of amides is 1. The Labute approximate surface area is 177 Å². The lowest BCUT2D eigenvalue weighted by molar-refractivity contribution is -0.112. The van der Waals surface area contributed by atoms with E-state index in [1.165, 1.54) is 11.1 Å². The highest BCUT2D eigenvalue weighted by atomic mass is 16.5. The minimum atomic E-state index is -0.445. The second-order valence-corrected chi connectivity index (χ2v) is 7.23. The Kier molecular flexibility index (Phi) is 6.08. The lowest BCUT2D eigenvalue weighted by Crippen LogP contribution is -2.13. The first-order chi connectivity index (χ1) is 14.3. The predicted molar refractivity (Wildman–Crippen MR) is 120 cm³/mol. The molecule has 0 fully saturated rings. The van der Waals surface area contributed by atoms with Crippen LogP contribution in [0.4, 0.5) is 5.69 Å². The molecule has 1 heterocycles. The maximum atomic E-state index is 12.6. The summed E-state index contributed by atoms with van der Waals surface area (Å²) < 4.78 is 7.28. The summed E-state index contributed by atoms with van der Waals surface area (Å²) in [6, 6.07) is 17.2. The summed E-state index contributed by atoms with van der Waals surface area (Å²) in [5.74, 6) is 0.252. The third-order valence-electron chi connectivity index (χ3n) is 5.30. The van der Waals surface area contributed by atoms with Crippen LogP contribution in [0.1, 0.15) is 28.1 Å². The molecule has 0 bridgehead atoms. The molecule has 0 radical (unpaired) electrons. The Bertz CT molecular complexity index is 1160. The number of aryl methyl sites for hydroxylation is 2. The molecule has 0 atom stereocenters. The Morgan fingerprint density at radius 1 is 1.10 bits per heavy atom. The fraction of sp³-hybridized carbons (Fsp3) is 0.200. The van der Waals surface area contributed by atoms with Crippen molar-refractivity contribution in [3.63, 3.8) is 0 Å². The molecule has 152 valence electrons. The van der Waals surface area contributed by atoms with Crippen molar-refractivity contribution < 1.29 is 9.53 Å². The Hall–Kier alpha value is -3.78. The first-order valence-corrected chi connectivity index (χ1v) is 9.68. The van der Waals surface area contributed by atoms with Gasteiger partial charge in [0, 0.05) is 22.8 Å². The van der Waals surface area contributed by atoms with Gasteiger partial charge in [0.1, 0.15) is 17.4 Å². The smallest absolute Gasteiger partial charge is 0.266 e. The molecule has 0 spiro atoms. The molecule has 0 aliphatic carbocycles. The van der Waals surface area contributed by atoms with Crippen molar-refractivity contribution in [2.24, 2.45) is 0 Å². The van der Waals surface area contributed by atoms with Gasteiger partial charge in [-0.2, -0.15) is 5.26 Å². The fourth-order valence-corrected chi connectivity index (χ4v) is 3.46. The summed E-state index contributed by atoms with van der Waals surface area (Å²) in [5, 5.41) is 12.3. The third kappa shape index (κ3) is 4.13. The molecule has 0 saturated heterocycles. The van der Waals surface area contributed by atoms with Crippen LogP contribution in [-0.4, -0.2) is 17.6 Å². The van der Waals surface area contributed by atoms with Crippen LogP contribution in [0.3, 0.4) is 0 Å². The number of benzene rings is 2. The van der Waals surface area contributed by atoms with E-state index in [-0.39, 0.29) is 5.57 Å². The van der Waals surface area contributed by atoms with Crippen LogP contribution in [0.15, 0.2) is 54.1 Å². The lowest BCUT2D eigenvalue weighted by atomic mass is 10.1. The Morgan fingerprint density at radius 2 is 1.80 bits per heavy atom. The van der Waals surface area contributed by atoms with Crippen molar-refractivity contribution in [3.8, 4) is 17.5 Å². The number of anilines is 1. The van der Waals surface area contributed by atoms with Gasteiger partial charge < -0.3 is 14.6 Å². The van der Waals surface area contributed by atoms with E-state index in [0.717, 1.165) is 22.6 Å². The molecule has 1 aromatic heterocycles. The fourth-order valence-electron chi connectivity index (χ4n) is 3.46. The lowest BCUT2D eigenvalue weighted by Gasteiger charge is -2.14. The minimum Gasteiger partial charge on any atom is -0.497 e. The standard InChI is InChI=1S/C25H25N3O2/c1-16-7-6-8-24(18(16)3)28-17(2)13-20(19(28)4)14-21(15-26)25(29)27-22-9-11-23(30-5)12-10-22/h6-14H,1-5H3,(H,27,29). The summed E-state index contributed by atoms with van der Waals surface area (Å²) in [6.45, 7) is 8.21. The van der Waals surface area contributed by atoms with E-state index in [9.17, 15) is 10.1 Å². The molecule has 0 aliphatic rings. The molecule has 0 saturated carbocycles. The van der Waals surface area contributed by atoms with Gasteiger partial charge in [0.2, 0.25) is 0 Å². The van der Waals surface area contributed by atoms with E-state index < -0.39 is 5.91 Å². The molecular weight excluding hydrogens is 374 g/mol. The second kappa shape index (κ2) is 8.71. The van der Waals surface area contributed by atoms with Gasteiger partial charge in [-0.25, -0.2) is 0 Å². The maximum absolute atomic E-state index is 12.6. The van der Waals surface area contributed by atoms with Crippen LogP contribution in [0.25, 0.3) is 11.8 Å². The number of nitrogens with zero attached hydrogens (tertiary/aromatic N) is 2. The van der Waals surface area contributed by atoms with Crippen LogP contribution in [0, 0.1) is 39.0 Å². The van der Waals surface area contributed by atoms with Crippen molar-refractivity contribution in [1.29, 1.82) is 5.26 Å². The zero-order chi connectivity index (χ0) is 21.8. The number of nitriles is 1. The second-order valence-electron chi connectivity index (χ2n) is 7.23. The molecule has 1 amide bonds. The molecule has 30 heavy (non-hydrogen) atoms. The van der Waals surface area contributed by atoms with Gasteiger partial charge in [-0.05, 0) is 86.9 Å². The van der Waals surface area contributed by atoms with E-state index in [1.807, 2.05) is 32.0 Å². The van der Waals surface area contributed by atoms with Crippen LogP contribution in [0.2, 0.25) is 0 Å². The van der Waals surface area contributed by atoms with Gasteiger partial charge >= 0.3 is 0 Å². The van der Waals surface area contributed by atoms with Crippen molar-refractivity contribution in [1.82, 2.24) is 4.57 Å². The zero-order valence-corrected chi connectivity index (χ0v) is 17.9. The normalized spacial score (nSPS) is 11.1. The summed E-state index contributed by atoms with van der Waals surface area (Å²) in [6.07, 6.45) is 1.64. The van der Waals surface area contributed by atoms with Crippen LogP contribution in [0.5, 0.6) is 5.75 Å². The van der Waals surface area contributed by atoms with Gasteiger partial charge in [-0.3, -0.25) is 4.79 Å². The largest absolute Gasteiger partial charge is 0.497 e. The minimum absolute atomic E-state index is 0.0482. The Morgan fingerprint density at radius 3 is 2.43 bits per heavy atom. The molecule has 2 aromatic carbocycles. The number of nitrogens with one attached hydrogen (secondary N) is 1. The molecular formula is C25H25N3O2. The quantitative estimate of drug-likeness (QED) is 0.470. The molecule has 3 aromatic rings. The van der Waals surface area contributed by atoms with Crippen molar-refractivity contribution in [3.05, 3.63) is 82.2 Å². The molecule has 0 aliphatic heterocycles. The first kappa shape index (κ1) is 20.9. The first-order valence-electron chi connectivity index (χ1n) is 9.68. The highest BCUT2D eigenvalue weighted by Gasteiger charge is 2.15. The van der Waals surface area contributed by atoms with E-state index in [0.29, 0.717) is 11.4 Å². The number of aromatic nitrogens is 1. The topological polar surface area (TPSA) is 67.0 Å². The van der Waals surface area contributed by atoms with Crippen molar-refractivity contribution in [2.75, 3.05) is 12.4 Å². The highest BCUT2D eigenvalue weighted by molar-refractivity contribution is 6.09. The number of carbonyl (C=O) groups is 1. The van der Waals surface area contributed by atoms with Crippen LogP contribution in [-0.2, 0) is 4.79 Å². The van der Waals surface area contributed by atoms with Gasteiger partial charge in [-0.1, -0.05) is 12.1 Å². The molecule has 1 N–H and O–H groups in total. The SMILES string of the molecule is COc1ccc(NC(=O)C(C#N)=Cc2cc(C)n(-c3cccc(C)c3C)c2C)cc1. The molecule has 0 unspecified atom stereocenters. The van der Waals surface area contributed by atoms with Crippen molar-refractivity contribution in [2.45, 2.75) is 27.7 Å². The molecule has 5 nitrogen and oxygen atoms in total. The van der Waals surface area contributed by atoms with E-state index in [2.05, 4.69) is 35.9 Å². The summed E-state index contributed by atoms with van der Waals surface area (Å²) >= 11 is 0. The third-order valence-corrected chi connectivity index (χ3v) is 5.30. The highest BCUT2D eigenvalue weighted by Crippen LogP contribution is 2.26. The van der Waals surface area contributed by atoms with Crippen molar-refractivity contribution >= 4 is 17.7 Å². The summed E-state index contributed by atoms with van der Waals surface area (Å²) in [4.78, 5) is 12.6. The molecule has 3 rings (SSSR count). The van der Waals surface area contributed by atoms with E-state index in [4.69, 9.17) is 4.74 Å². The van der Waals surface area contributed by atoms with E-state index >= 15 is 0 Å². The monoisotopic (exact) mass is 399 g/mol. The number of methoxy groups -OCH3 is 1. The van der Waals surface area contributed by atoms with Gasteiger partial charge in [0.05, 0.1) is 7.11 Å². The average molecular weight is 399 g/mol. The average Bonchev–Trinajstić information content (AvgIpc) is 3.01. The number of hydrogen-bond donors (Lipinski definition) is 1. The Balaban J connectivity index is 1.93. The maximum Gasteiger partial charge on any atom is 0.266 e. The molecule has 5 heteroatoms. The number of hydrogen-bond acceptors (Lipinski definition) is 3. The number of carbonyl (C=O) groups excluding carboxylic acids is 1. The van der Waals surface area contributed by atoms with E-state index in [1.54, 1.807) is 37.5 Å². The number of rotatable bonds is 5. The summed E-state index contributed by atoms with van der Waals surface area (Å²) in [7, 11) is 1.58. The van der Waals surface area contributed by atoms with Crippen LogP contribution >= 0.6 is 0 Å².